The largest absolute Gasteiger partial charge is 0.496 e. The fraction of sp³-hybridized carbons (Fsp3) is 0.348. The van der Waals surface area contributed by atoms with E-state index in [1.807, 2.05) is 59.5 Å². The number of carbonyl (C=O) groups is 1. The van der Waals surface area contributed by atoms with E-state index in [2.05, 4.69) is 0 Å². The van der Waals surface area contributed by atoms with Gasteiger partial charge in [-0.3, -0.25) is 4.79 Å². The van der Waals surface area contributed by atoms with Crippen LogP contribution in [-0.2, 0) is 4.79 Å². The Hall–Kier alpha value is -2.83. The van der Waals surface area contributed by atoms with Crippen molar-refractivity contribution in [2.45, 2.75) is 6.10 Å². The van der Waals surface area contributed by atoms with Crippen molar-refractivity contribution in [3.63, 3.8) is 0 Å². The number of para-hydroxylation sites is 2. The number of rotatable bonds is 8. The highest BCUT2D eigenvalue weighted by Gasteiger charge is 2.24. The first kappa shape index (κ1) is 20.9. The van der Waals surface area contributed by atoms with Gasteiger partial charge in [0.2, 0.25) is 5.91 Å². The Labute approximate surface area is 172 Å². The van der Waals surface area contributed by atoms with E-state index in [1.165, 1.54) is 4.90 Å². The number of amides is 1. The molecule has 154 valence electrons. The minimum atomic E-state index is -0.530. The molecule has 2 N–H and O–H groups in total. The van der Waals surface area contributed by atoms with Gasteiger partial charge in [0.1, 0.15) is 30.8 Å². The van der Waals surface area contributed by atoms with Crippen molar-refractivity contribution in [2.75, 3.05) is 46.4 Å². The number of quaternary nitrogens is 1. The van der Waals surface area contributed by atoms with Crippen molar-refractivity contribution < 1.29 is 24.3 Å². The van der Waals surface area contributed by atoms with Gasteiger partial charge in [0.15, 0.2) is 0 Å². The Morgan fingerprint density at radius 2 is 1.83 bits per heavy atom. The second-order valence-electron chi connectivity index (χ2n) is 7.13. The first-order chi connectivity index (χ1) is 14.2. The van der Waals surface area contributed by atoms with Crippen LogP contribution in [0.2, 0.25) is 0 Å². The monoisotopic (exact) mass is 397 g/mol. The third kappa shape index (κ3) is 6.34. The average Bonchev–Trinajstić information content (AvgIpc) is 2.77. The van der Waals surface area contributed by atoms with Gasteiger partial charge in [-0.25, -0.2) is 0 Å². The number of hydrogen-bond acceptors (Lipinski definition) is 4. The van der Waals surface area contributed by atoms with Crippen LogP contribution in [0.3, 0.4) is 0 Å². The van der Waals surface area contributed by atoms with Crippen LogP contribution in [0.4, 0.5) is 0 Å². The summed E-state index contributed by atoms with van der Waals surface area (Å²) in [5.74, 6) is 1.51. The number of aliphatic hydroxyl groups is 1. The van der Waals surface area contributed by atoms with Crippen LogP contribution in [0.25, 0.3) is 6.08 Å². The molecular formula is C23H29N2O4+. The lowest BCUT2D eigenvalue weighted by Crippen LogP contribution is -3.15. The lowest BCUT2D eigenvalue weighted by atomic mass is 10.2. The summed E-state index contributed by atoms with van der Waals surface area (Å²) in [5, 5.41) is 10.2. The van der Waals surface area contributed by atoms with E-state index in [-0.39, 0.29) is 12.5 Å². The second kappa shape index (κ2) is 10.6. The molecule has 0 aliphatic carbocycles. The smallest absolute Gasteiger partial charge is 0.246 e. The van der Waals surface area contributed by atoms with Crippen molar-refractivity contribution >= 4 is 12.0 Å². The third-order valence-corrected chi connectivity index (χ3v) is 5.04. The molecule has 1 aliphatic heterocycles. The molecule has 1 heterocycles. The highest BCUT2D eigenvalue weighted by Crippen LogP contribution is 2.18. The van der Waals surface area contributed by atoms with Crippen LogP contribution >= 0.6 is 0 Å². The molecule has 1 unspecified atom stereocenters. The van der Waals surface area contributed by atoms with Crippen LogP contribution in [0.15, 0.2) is 60.7 Å². The molecule has 0 radical (unpaired) electrons. The molecule has 1 saturated heterocycles. The SMILES string of the molecule is COc1ccccc1/C=C/C(=O)N1CC[NH+](CC(O)COc2ccccc2)CC1. The molecule has 6 heteroatoms. The Bertz CT molecular complexity index is 802. The van der Waals surface area contributed by atoms with E-state index in [0.717, 1.165) is 30.2 Å². The number of piperazine rings is 1. The summed E-state index contributed by atoms with van der Waals surface area (Å²) in [6, 6.07) is 17.1. The van der Waals surface area contributed by atoms with Gasteiger partial charge in [-0.15, -0.1) is 0 Å². The number of carbonyl (C=O) groups excluding carboxylic acids is 1. The number of hydrogen-bond donors (Lipinski definition) is 2. The number of nitrogens with one attached hydrogen (secondary N) is 1. The maximum Gasteiger partial charge on any atom is 0.246 e. The normalized spacial score (nSPS) is 16.0. The van der Waals surface area contributed by atoms with Gasteiger partial charge in [-0.2, -0.15) is 0 Å². The fourth-order valence-electron chi connectivity index (χ4n) is 3.42. The molecular weight excluding hydrogens is 368 g/mol. The fourth-order valence-corrected chi connectivity index (χ4v) is 3.42. The zero-order valence-corrected chi connectivity index (χ0v) is 16.8. The summed E-state index contributed by atoms with van der Waals surface area (Å²) in [4.78, 5) is 15.6. The Kier molecular flexibility index (Phi) is 7.67. The van der Waals surface area contributed by atoms with E-state index < -0.39 is 6.10 Å². The summed E-state index contributed by atoms with van der Waals surface area (Å²) in [6.45, 7) is 3.88. The standard InChI is InChI=1S/C23H28N2O4/c1-28-22-10-6-5-7-19(22)11-12-23(27)25-15-13-24(14-16-25)17-20(26)18-29-21-8-3-2-4-9-21/h2-12,20,26H,13-18H2,1H3/p+1/b12-11+. The molecule has 3 rings (SSSR count). The van der Waals surface area contributed by atoms with Crippen molar-refractivity contribution in [1.29, 1.82) is 0 Å². The van der Waals surface area contributed by atoms with Gasteiger partial charge in [0.25, 0.3) is 0 Å². The van der Waals surface area contributed by atoms with Crippen LogP contribution in [0.1, 0.15) is 5.56 Å². The zero-order chi connectivity index (χ0) is 20.5. The van der Waals surface area contributed by atoms with Crippen LogP contribution in [0.5, 0.6) is 11.5 Å². The molecule has 2 aromatic carbocycles. The van der Waals surface area contributed by atoms with Crippen molar-refractivity contribution in [2.24, 2.45) is 0 Å². The van der Waals surface area contributed by atoms with Crippen molar-refractivity contribution in [1.82, 2.24) is 4.90 Å². The topological polar surface area (TPSA) is 63.4 Å². The van der Waals surface area contributed by atoms with E-state index in [1.54, 1.807) is 19.3 Å². The molecule has 0 bridgehead atoms. The van der Waals surface area contributed by atoms with E-state index in [9.17, 15) is 9.90 Å². The van der Waals surface area contributed by atoms with Gasteiger partial charge in [0, 0.05) is 11.6 Å². The third-order valence-electron chi connectivity index (χ3n) is 5.04. The Balaban J connectivity index is 1.41. The second-order valence-corrected chi connectivity index (χ2v) is 7.13. The first-order valence-corrected chi connectivity index (χ1v) is 9.95. The molecule has 0 saturated carbocycles. The van der Waals surface area contributed by atoms with Gasteiger partial charge in [0.05, 0.1) is 33.3 Å². The highest BCUT2D eigenvalue weighted by molar-refractivity contribution is 5.92. The number of aliphatic hydroxyl groups excluding tert-OH is 1. The Morgan fingerprint density at radius 3 is 2.55 bits per heavy atom. The van der Waals surface area contributed by atoms with Gasteiger partial charge < -0.3 is 24.4 Å². The molecule has 0 spiro atoms. The van der Waals surface area contributed by atoms with Crippen LogP contribution < -0.4 is 14.4 Å². The van der Waals surface area contributed by atoms with E-state index in [4.69, 9.17) is 9.47 Å². The first-order valence-electron chi connectivity index (χ1n) is 9.95. The summed E-state index contributed by atoms with van der Waals surface area (Å²) < 4.78 is 10.9. The van der Waals surface area contributed by atoms with Gasteiger partial charge in [-0.1, -0.05) is 36.4 Å². The predicted octanol–water partition coefficient (Wildman–Crippen LogP) is 0.875. The Morgan fingerprint density at radius 1 is 1.14 bits per heavy atom. The molecule has 29 heavy (non-hydrogen) atoms. The maximum absolute atomic E-state index is 12.5. The van der Waals surface area contributed by atoms with Gasteiger partial charge in [-0.05, 0) is 24.3 Å². The number of nitrogens with zero attached hydrogens (tertiary/aromatic N) is 1. The quantitative estimate of drug-likeness (QED) is 0.649. The molecule has 6 nitrogen and oxygen atoms in total. The number of benzene rings is 2. The molecule has 1 aliphatic rings. The summed E-state index contributed by atoms with van der Waals surface area (Å²) >= 11 is 0. The van der Waals surface area contributed by atoms with E-state index >= 15 is 0 Å². The summed E-state index contributed by atoms with van der Waals surface area (Å²) in [5.41, 5.74) is 0.883. The van der Waals surface area contributed by atoms with Crippen LogP contribution in [-0.4, -0.2) is 68.5 Å². The minimum Gasteiger partial charge on any atom is -0.496 e. The van der Waals surface area contributed by atoms with Crippen molar-refractivity contribution in [3.8, 4) is 11.5 Å². The highest BCUT2D eigenvalue weighted by atomic mass is 16.5. The lowest BCUT2D eigenvalue weighted by molar-refractivity contribution is -0.907. The maximum atomic E-state index is 12.5. The summed E-state index contributed by atoms with van der Waals surface area (Å²) in [6.07, 6.45) is 2.87. The average molecular weight is 397 g/mol. The molecule has 2 aromatic rings. The molecule has 1 amide bonds. The van der Waals surface area contributed by atoms with E-state index in [0.29, 0.717) is 19.6 Å². The van der Waals surface area contributed by atoms with Crippen LogP contribution in [0, 0.1) is 0 Å². The lowest BCUT2D eigenvalue weighted by Gasteiger charge is -2.32. The molecule has 1 atom stereocenters. The molecule has 0 aromatic heterocycles. The number of ether oxygens (including phenoxy) is 2. The van der Waals surface area contributed by atoms with Gasteiger partial charge >= 0.3 is 0 Å². The zero-order valence-electron chi connectivity index (χ0n) is 16.8. The minimum absolute atomic E-state index is 0.00270. The number of methoxy groups -OCH3 is 1. The predicted molar refractivity (Wildman–Crippen MR) is 112 cm³/mol. The summed E-state index contributed by atoms with van der Waals surface area (Å²) in [7, 11) is 1.62. The molecule has 1 fully saturated rings. The van der Waals surface area contributed by atoms with Crippen molar-refractivity contribution in [3.05, 3.63) is 66.2 Å².